The molecular formula is C25H34N2O3. The SMILES string of the molecule is CCCCNC(=O)[C@@H](C)N(Cc1cccc(OC)c1)C(=O)Cc1ccc(C)c(C)c1. The van der Waals surface area contributed by atoms with Gasteiger partial charge in [-0.2, -0.15) is 0 Å². The number of unbranched alkanes of at least 4 members (excludes halogenated alkanes) is 1. The molecule has 5 heteroatoms. The number of amides is 2. The van der Waals surface area contributed by atoms with E-state index in [-0.39, 0.29) is 18.2 Å². The molecule has 0 saturated carbocycles. The predicted octanol–water partition coefficient (Wildman–Crippen LogP) is 4.19. The van der Waals surface area contributed by atoms with Crippen LogP contribution in [0.1, 0.15) is 48.9 Å². The van der Waals surface area contributed by atoms with E-state index in [2.05, 4.69) is 19.2 Å². The van der Waals surface area contributed by atoms with Gasteiger partial charge >= 0.3 is 0 Å². The smallest absolute Gasteiger partial charge is 0.242 e. The Labute approximate surface area is 180 Å². The van der Waals surface area contributed by atoms with E-state index in [0.717, 1.165) is 35.3 Å². The first-order valence-corrected chi connectivity index (χ1v) is 10.6. The van der Waals surface area contributed by atoms with Crippen molar-refractivity contribution in [1.82, 2.24) is 10.2 Å². The number of benzene rings is 2. The molecule has 0 fully saturated rings. The number of nitrogens with zero attached hydrogens (tertiary/aromatic N) is 1. The highest BCUT2D eigenvalue weighted by Crippen LogP contribution is 2.18. The van der Waals surface area contributed by atoms with Gasteiger partial charge in [0.25, 0.3) is 0 Å². The van der Waals surface area contributed by atoms with Gasteiger partial charge in [-0.25, -0.2) is 0 Å². The number of nitrogens with one attached hydrogen (secondary N) is 1. The molecule has 2 amide bonds. The number of carbonyl (C=O) groups is 2. The Morgan fingerprint density at radius 2 is 1.83 bits per heavy atom. The van der Waals surface area contributed by atoms with Crippen molar-refractivity contribution in [3.8, 4) is 5.75 Å². The van der Waals surface area contributed by atoms with Crippen molar-refractivity contribution < 1.29 is 14.3 Å². The van der Waals surface area contributed by atoms with Gasteiger partial charge in [-0.3, -0.25) is 9.59 Å². The van der Waals surface area contributed by atoms with Crippen molar-refractivity contribution in [2.75, 3.05) is 13.7 Å². The molecule has 0 radical (unpaired) electrons. The molecule has 0 unspecified atom stereocenters. The van der Waals surface area contributed by atoms with Crippen LogP contribution in [0.2, 0.25) is 0 Å². The van der Waals surface area contributed by atoms with Gasteiger partial charge in [0.15, 0.2) is 0 Å². The van der Waals surface area contributed by atoms with Gasteiger partial charge in [0.05, 0.1) is 13.5 Å². The Kier molecular flexibility index (Phi) is 8.90. The van der Waals surface area contributed by atoms with E-state index in [4.69, 9.17) is 4.74 Å². The number of aryl methyl sites for hydroxylation is 2. The Bertz CT molecular complexity index is 863. The van der Waals surface area contributed by atoms with Gasteiger partial charge in [-0.15, -0.1) is 0 Å². The lowest BCUT2D eigenvalue weighted by molar-refractivity contribution is -0.140. The summed E-state index contributed by atoms with van der Waals surface area (Å²) in [4.78, 5) is 27.6. The Hall–Kier alpha value is -2.82. The van der Waals surface area contributed by atoms with E-state index in [0.29, 0.717) is 13.1 Å². The van der Waals surface area contributed by atoms with Gasteiger partial charge in [-0.05, 0) is 61.6 Å². The molecule has 0 saturated heterocycles. The van der Waals surface area contributed by atoms with Gasteiger partial charge in [-0.1, -0.05) is 43.7 Å². The molecule has 162 valence electrons. The molecule has 30 heavy (non-hydrogen) atoms. The minimum absolute atomic E-state index is 0.0702. The lowest BCUT2D eigenvalue weighted by Gasteiger charge is -2.29. The first kappa shape index (κ1) is 23.5. The molecule has 0 aromatic heterocycles. The quantitative estimate of drug-likeness (QED) is 0.598. The maximum absolute atomic E-state index is 13.3. The fourth-order valence-electron chi connectivity index (χ4n) is 3.28. The van der Waals surface area contributed by atoms with E-state index in [1.165, 1.54) is 5.56 Å². The molecule has 1 N–H and O–H groups in total. The molecule has 0 heterocycles. The topological polar surface area (TPSA) is 58.6 Å². The average Bonchev–Trinajstić information content (AvgIpc) is 2.74. The molecule has 0 aliphatic rings. The highest BCUT2D eigenvalue weighted by atomic mass is 16.5. The van der Waals surface area contributed by atoms with Crippen LogP contribution in [-0.4, -0.2) is 36.4 Å². The third-order valence-corrected chi connectivity index (χ3v) is 5.41. The lowest BCUT2D eigenvalue weighted by atomic mass is 10.0. The molecule has 2 aromatic carbocycles. The van der Waals surface area contributed by atoms with Crippen LogP contribution in [0.25, 0.3) is 0 Å². The minimum Gasteiger partial charge on any atom is -0.497 e. The molecule has 2 aromatic rings. The van der Waals surface area contributed by atoms with Gasteiger partial charge in [0, 0.05) is 13.1 Å². The van der Waals surface area contributed by atoms with E-state index >= 15 is 0 Å². The first-order chi connectivity index (χ1) is 14.3. The van der Waals surface area contributed by atoms with Crippen molar-refractivity contribution in [1.29, 1.82) is 0 Å². The standard InChI is InChI=1S/C25H34N2O3/c1-6-7-13-26-25(29)20(4)27(17-22-9-8-10-23(15-22)30-5)24(28)16-21-12-11-18(2)19(3)14-21/h8-12,14-15,20H,6-7,13,16-17H2,1-5H3,(H,26,29)/t20-/m1/s1. The zero-order valence-electron chi connectivity index (χ0n) is 18.8. The molecule has 5 nitrogen and oxygen atoms in total. The van der Waals surface area contributed by atoms with Crippen LogP contribution in [0, 0.1) is 13.8 Å². The molecular weight excluding hydrogens is 376 g/mol. The lowest BCUT2D eigenvalue weighted by Crippen LogP contribution is -2.48. The van der Waals surface area contributed by atoms with Crippen LogP contribution in [0.15, 0.2) is 42.5 Å². The summed E-state index contributed by atoms with van der Waals surface area (Å²) in [5.74, 6) is 0.535. The average molecular weight is 411 g/mol. The molecule has 0 spiro atoms. The fourth-order valence-corrected chi connectivity index (χ4v) is 3.28. The van der Waals surface area contributed by atoms with Crippen LogP contribution < -0.4 is 10.1 Å². The van der Waals surface area contributed by atoms with Crippen molar-refractivity contribution in [3.63, 3.8) is 0 Å². The summed E-state index contributed by atoms with van der Waals surface area (Å²) in [7, 11) is 1.62. The Morgan fingerprint density at radius 1 is 1.07 bits per heavy atom. The monoisotopic (exact) mass is 410 g/mol. The van der Waals surface area contributed by atoms with Crippen molar-refractivity contribution in [3.05, 3.63) is 64.7 Å². The molecule has 1 atom stereocenters. The number of rotatable bonds is 10. The summed E-state index contributed by atoms with van der Waals surface area (Å²) < 4.78 is 5.31. The summed E-state index contributed by atoms with van der Waals surface area (Å²) in [5, 5.41) is 2.95. The molecule has 0 aliphatic carbocycles. The first-order valence-electron chi connectivity index (χ1n) is 10.6. The Balaban J connectivity index is 2.22. The zero-order chi connectivity index (χ0) is 22.1. The summed E-state index contributed by atoms with van der Waals surface area (Å²) in [6.45, 7) is 8.94. The second-order valence-electron chi connectivity index (χ2n) is 7.79. The number of carbonyl (C=O) groups excluding carboxylic acids is 2. The van der Waals surface area contributed by atoms with Crippen LogP contribution in [0.4, 0.5) is 0 Å². The molecule has 0 aliphatic heterocycles. The normalized spacial score (nSPS) is 11.6. The van der Waals surface area contributed by atoms with Crippen LogP contribution in [0.5, 0.6) is 5.75 Å². The van der Waals surface area contributed by atoms with Crippen LogP contribution in [-0.2, 0) is 22.6 Å². The number of methoxy groups -OCH3 is 1. The van der Waals surface area contributed by atoms with Crippen molar-refractivity contribution in [2.24, 2.45) is 0 Å². The van der Waals surface area contributed by atoms with E-state index < -0.39 is 6.04 Å². The maximum atomic E-state index is 13.3. The number of ether oxygens (including phenoxy) is 1. The third-order valence-electron chi connectivity index (χ3n) is 5.41. The van der Waals surface area contributed by atoms with Gasteiger partial charge in [0.2, 0.25) is 11.8 Å². The highest BCUT2D eigenvalue weighted by molar-refractivity contribution is 5.88. The second-order valence-corrected chi connectivity index (χ2v) is 7.79. The minimum atomic E-state index is -0.563. The van der Waals surface area contributed by atoms with Gasteiger partial charge < -0.3 is 15.0 Å². The van der Waals surface area contributed by atoms with Gasteiger partial charge in [0.1, 0.15) is 11.8 Å². The third kappa shape index (κ3) is 6.61. The van der Waals surface area contributed by atoms with Crippen LogP contribution >= 0.6 is 0 Å². The molecule has 0 bridgehead atoms. The molecule has 2 rings (SSSR count). The van der Waals surface area contributed by atoms with Crippen molar-refractivity contribution >= 4 is 11.8 Å². The predicted molar refractivity (Wildman–Crippen MR) is 121 cm³/mol. The summed E-state index contributed by atoms with van der Waals surface area (Å²) in [5.41, 5.74) is 4.24. The zero-order valence-corrected chi connectivity index (χ0v) is 18.8. The Morgan fingerprint density at radius 3 is 2.50 bits per heavy atom. The largest absolute Gasteiger partial charge is 0.497 e. The van der Waals surface area contributed by atoms with E-state index in [9.17, 15) is 9.59 Å². The van der Waals surface area contributed by atoms with E-state index in [1.807, 2.05) is 49.4 Å². The van der Waals surface area contributed by atoms with E-state index in [1.54, 1.807) is 18.9 Å². The summed E-state index contributed by atoms with van der Waals surface area (Å²) >= 11 is 0. The van der Waals surface area contributed by atoms with Crippen molar-refractivity contribution in [2.45, 2.75) is 59.5 Å². The fraction of sp³-hybridized carbons (Fsp3) is 0.440. The summed E-state index contributed by atoms with van der Waals surface area (Å²) in [6.07, 6.45) is 2.19. The van der Waals surface area contributed by atoms with Crippen LogP contribution in [0.3, 0.4) is 0 Å². The number of hydrogen-bond acceptors (Lipinski definition) is 3. The summed E-state index contributed by atoms with van der Waals surface area (Å²) in [6, 6.07) is 13.1. The second kappa shape index (κ2) is 11.4. The number of hydrogen-bond donors (Lipinski definition) is 1. The highest BCUT2D eigenvalue weighted by Gasteiger charge is 2.26. The maximum Gasteiger partial charge on any atom is 0.242 e.